The van der Waals surface area contributed by atoms with E-state index in [2.05, 4.69) is 25.3 Å². The van der Waals surface area contributed by atoms with Gasteiger partial charge in [-0.3, -0.25) is 9.48 Å². The van der Waals surface area contributed by atoms with Gasteiger partial charge in [-0.25, -0.2) is 9.97 Å². The van der Waals surface area contributed by atoms with Gasteiger partial charge in [0.05, 0.1) is 11.6 Å². The summed E-state index contributed by atoms with van der Waals surface area (Å²) in [6.45, 7) is 4.18. The number of carbonyl (C=O) groups excluding carboxylic acids is 1. The maximum absolute atomic E-state index is 11.1. The Morgan fingerprint density at radius 2 is 2.33 bits per heavy atom. The Labute approximate surface area is 123 Å². The highest BCUT2D eigenvalue weighted by molar-refractivity contribution is 5.86. The molecule has 1 saturated heterocycles. The Balaban J connectivity index is 1.80. The van der Waals surface area contributed by atoms with Gasteiger partial charge >= 0.3 is 0 Å². The Bertz CT molecular complexity index is 652. The third-order valence-corrected chi connectivity index (χ3v) is 3.97. The van der Waals surface area contributed by atoms with Crippen molar-refractivity contribution in [3.05, 3.63) is 12.5 Å². The average Bonchev–Trinajstić information content (AvgIpc) is 2.87. The number of amides is 1. The molecule has 7 heteroatoms. The van der Waals surface area contributed by atoms with Gasteiger partial charge in [-0.1, -0.05) is 0 Å². The first-order valence-electron chi connectivity index (χ1n) is 7.27. The van der Waals surface area contributed by atoms with E-state index < -0.39 is 0 Å². The summed E-state index contributed by atoms with van der Waals surface area (Å²) in [5, 5.41) is 8.16. The zero-order chi connectivity index (χ0) is 14.8. The van der Waals surface area contributed by atoms with E-state index in [0.717, 1.165) is 49.3 Å². The lowest BCUT2D eigenvalue weighted by atomic mass is 9.98. The fourth-order valence-corrected chi connectivity index (χ4v) is 2.91. The minimum atomic E-state index is 0.0313. The molecule has 1 aliphatic heterocycles. The summed E-state index contributed by atoms with van der Waals surface area (Å²) in [4.78, 5) is 22.1. The number of hydrogen-bond donors (Lipinski definition) is 1. The van der Waals surface area contributed by atoms with E-state index in [1.54, 1.807) is 17.9 Å². The molecule has 0 aromatic carbocycles. The van der Waals surface area contributed by atoms with Crippen molar-refractivity contribution in [1.82, 2.24) is 25.1 Å². The van der Waals surface area contributed by atoms with Crippen LogP contribution in [0.1, 0.15) is 19.8 Å². The Hall–Kier alpha value is -2.18. The molecular weight excluding hydrogens is 268 g/mol. The van der Waals surface area contributed by atoms with Gasteiger partial charge in [0.2, 0.25) is 5.91 Å². The SMILES string of the molecule is CC(=O)NC[C@H]1CCCN(c2ncnc3c2cnn3C)C1. The molecule has 7 nitrogen and oxygen atoms in total. The average molecular weight is 288 g/mol. The second-order valence-electron chi connectivity index (χ2n) is 5.59. The standard InChI is InChI=1S/C14H20N6O/c1-10(21)15-6-11-4-3-5-20(8-11)14-12-7-18-19(2)13(12)16-9-17-14/h7,9,11H,3-6,8H2,1-2H3,(H,15,21)/t11-/m1/s1. The fraction of sp³-hybridized carbons (Fsp3) is 0.571. The van der Waals surface area contributed by atoms with Crippen LogP contribution in [-0.2, 0) is 11.8 Å². The predicted molar refractivity (Wildman–Crippen MR) is 79.9 cm³/mol. The van der Waals surface area contributed by atoms with Crippen LogP contribution in [0.3, 0.4) is 0 Å². The van der Waals surface area contributed by atoms with Crippen LogP contribution in [0, 0.1) is 5.92 Å². The molecule has 2 aromatic rings. The van der Waals surface area contributed by atoms with Crippen molar-refractivity contribution in [2.75, 3.05) is 24.5 Å². The molecule has 0 radical (unpaired) electrons. The highest BCUT2D eigenvalue weighted by atomic mass is 16.1. The molecule has 1 amide bonds. The maximum Gasteiger partial charge on any atom is 0.216 e. The third-order valence-electron chi connectivity index (χ3n) is 3.97. The van der Waals surface area contributed by atoms with Crippen molar-refractivity contribution >= 4 is 22.8 Å². The van der Waals surface area contributed by atoms with Gasteiger partial charge in [0.1, 0.15) is 12.1 Å². The van der Waals surface area contributed by atoms with Gasteiger partial charge in [-0.05, 0) is 18.8 Å². The van der Waals surface area contributed by atoms with Gasteiger partial charge in [0.15, 0.2) is 5.65 Å². The van der Waals surface area contributed by atoms with Crippen LogP contribution in [-0.4, -0.2) is 45.3 Å². The second-order valence-corrected chi connectivity index (χ2v) is 5.59. The number of carbonyl (C=O) groups is 1. The maximum atomic E-state index is 11.1. The molecule has 1 N–H and O–H groups in total. The second kappa shape index (κ2) is 5.67. The number of aryl methyl sites for hydroxylation is 1. The zero-order valence-electron chi connectivity index (χ0n) is 12.4. The van der Waals surface area contributed by atoms with Crippen LogP contribution in [0.4, 0.5) is 5.82 Å². The molecule has 0 bridgehead atoms. The number of piperidine rings is 1. The van der Waals surface area contributed by atoms with Crippen molar-refractivity contribution in [3.63, 3.8) is 0 Å². The highest BCUT2D eigenvalue weighted by Crippen LogP contribution is 2.26. The summed E-state index contributed by atoms with van der Waals surface area (Å²) >= 11 is 0. The van der Waals surface area contributed by atoms with Crippen molar-refractivity contribution < 1.29 is 4.79 Å². The normalized spacial score (nSPS) is 19.0. The van der Waals surface area contributed by atoms with Crippen LogP contribution >= 0.6 is 0 Å². The van der Waals surface area contributed by atoms with Gasteiger partial charge in [-0.2, -0.15) is 5.10 Å². The van der Waals surface area contributed by atoms with E-state index in [1.807, 2.05) is 13.2 Å². The van der Waals surface area contributed by atoms with Crippen molar-refractivity contribution in [2.45, 2.75) is 19.8 Å². The van der Waals surface area contributed by atoms with E-state index in [0.29, 0.717) is 5.92 Å². The predicted octanol–water partition coefficient (Wildman–Crippen LogP) is 0.716. The van der Waals surface area contributed by atoms with Crippen LogP contribution in [0.25, 0.3) is 11.0 Å². The van der Waals surface area contributed by atoms with Crippen LogP contribution in [0.5, 0.6) is 0 Å². The molecule has 0 spiro atoms. The number of aromatic nitrogens is 4. The number of nitrogens with one attached hydrogen (secondary N) is 1. The summed E-state index contributed by atoms with van der Waals surface area (Å²) in [7, 11) is 1.88. The minimum absolute atomic E-state index is 0.0313. The summed E-state index contributed by atoms with van der Waals surface area (Å²) in [5.74, 6) is 1.44. The molecule has 3 rings (SSSR count). The topological polar surface area (TPSA) is 75.9 Å². The van der Waals surface area contributed by atoms with Gasteiger partial charge < -0.3 is 10.2 Å². The van der Waals surface area contributed by atoms with E-state index in [4.69, 9.17) is 0 Å². The zero-order valence-corrected chi connectivity index (χ0v) is 12.4. The number of fused-ring (bicyclic) bond motifs is 1. The van der Waals surface area contributed by atoms with Gasteiger partial charge in [0, 0.05) is 33.6 Å². The van der Waals surface area contributed by atoms with Crippen LogP contribution in [0.15, 0.2) is 12.5 Å². The number of hydrogen-bond acceptors (Lipinski definition) is 5. The molecule has 3 heterocycles. The van der Waals surface area contributed by atoms with E-state index in [-0.39, 0.29) is 5.91 Å². The number of rotatable bonds is 3. The molecule has 1 aliphatic rings. The van der Waals surface area contributed by atoms with Crippen molar-refractivity contribution in [1.29, 1.82) is 0 Å². The molecule has 0 unspecified atom stereocenters. The number of anilines is 1. The third kappa shape index (κ3) is 2.81. The monoisotopic (exact) mass is 288 g/mol. The molecule has 112 valence electrons. The van der Waals surface area contributed by atoms with Crippen LogP contribution < -0.4 is 10.2 Å². The van der Waals surface area contributed by atoms with Crippen molar-refractivity contribution in [2.24, 2.45) is 13.0 Å². The molecule has 2 aromatic heterocycles. The molecule has 0 saturated carbocycles. The van der Waals surface area contributed by atoms with E-state index >= 15 is 0 Å². The Morgan fingerprint density at radius 3 is 3.14 bits per heavy atom. The number of nitrogens with zero attached hydrogens (tertiary/aromatic N) is 5. The Morgan fingerprint density at radius 1 is 1.48 bits per heavy atom. The molecule has 0 aliphatic carbocycles. The lowest BCUT2D eigenvalue weighted by molar-refractivity contribution is -0.119. The first-order valence-corrected chi connectivity index (χ1v) is 7.27. The molecule has 1 atom stereocenters. The molecular formula is C14H20N6O. The fourth-order valence-electron chi connectivity index (χ4n) is 2.91. The minimum Gasteiger partial charge on any atom is -0.356 e. The lowest BCUT2D eigenvalue weighted by Gasteiger charge is -2.33. The summed E-state index contributed by atoms with van der Waals surface area (Å²) < 4.78 is 1.76. The smallest absolute Gasteiger partial charge is 0.216 e. The summed E-state index contributed by atoms with van der Waals surface area (Å²) in [6, 6.07) is 0. The Kier molecular flexibility index (Phi) is 3.72. The highest BCUT2D eigenvalue weighted by Gasteiger charge is 2.23. The summed E-state index contributed by atoms with van der Waals surface area (Å²) in [5.41, 5.74) is 0.851. The van der Waals surface area contributed by atoms with Gasteiger partial charge in [0.25, 0.3) is 0 Å². The van der Waals surface area contributed by atoms with E-state index in [1.165, 1.54) is 0 Å². The largest absolute Gasteiger partial charge is 0.356 e. The van der Waals surface area contributed by atoms with Crippen molar-refractivity contribution in [3.8, 4) is 0 Å². The first kappa shape index (κ1) is 13.8. The van der Waals surface area contributed by atoms with E-state index in [9.17, 15) is 4.79 Å². The lowest BCUT2D eigenvalue weighted by Crippen LogP contribution is -2.41. The molecule has 21 heavy (non-hydrogen) atoms. The quantitative estimate of drug-likeness (QED) is 0.900. The summed E-state index contributed by atoms with van der Waals surface area (Å²) in [6.07, 6.45) is 5.66. The van der Waals surface area contributed by atoms with Gasteiger partial charge in [-0.15, -0.1) is 0 Å². The first-order chi connectivity index (χ1) is 10.1. The molecule has 1 fully saturated rings. The van der Waals surface area contributed by atoms with Crippen LogP contribution in [0.2, 0.25) is 0 Å².